The quantitative estimate of drug-likeness (QED) is 0.875. The lowest BCUT2D eigenvalue weighted by molar-refractivity contribution is 0.0203. The van der Waals surface area contributed by atoms with E-state index in [2.05, 4.69) is 46.4 Å². The molecule has 1 fully saturated rings. The van der Waals surface area contributed by atoms with Crippen molar-refractivity contribution >= 4 is 10.9 Å². The minimum Gasteiger partial charge on any atom is -0.379 e. The molecule has 1 saturated heterocycles. The minimum atomic E-state index is 0.560. The van der Waals surface area contributed by atoms with Crippen LogP contribution in [0.1, 0.15) is 12.5 Å². The summed E-state index contributed by atoms with van der Waals surface area (Å²) in [6, 6.07) is 9.14. The van der Waals surface area contributed by atoms with Crippen LogP contribution in [0.25, 0.3) is 10.9 Å². The van der Waals surface area contributed by atoms with Gasteiger partial charge in [-0.2, -0.15) is 0 Å². The number of aromatic amines is 1. The zero-order valence-electron chi connectivity index (χ0n) is 12.1. The van der Waals surface area contributed by atoms with Crippen LogP contribution in [0.4, 0.5) is 0 Å². The van der Waals surface area contributed by atoms with E-state index in [4.69, 9.17) is 4.74 Å². The van der Waals surface area contributed by atoms with Crippen molar-refractivity contribution in [2.45, 2.75) is 19.5 Å². The van der Waals surface area contributed by atoms with Gasteiger partial charge in [-0.3, -0.25) is 4.90 Å². The molecule has 1 aliphatic rings. The van der Waals surface area contributed by atoms with Crippen LogP contribution in [0.3, 0.4) is 0 Å². The summed E-state index contributed by atoms with van der Waals surface area (Å²) in [5.74, 6) is 0. The Balaban J connectivity index is 1.53. The highest BCUT2D eigenvalue weighted by molar-refractivity contribution is 5.82. The number of rotatable bonds is 5. The molecule has 1 aromatic carbocycles. The van der Waals surface area contributed by atoms with E-state index in [0.717, 1.165) is 39.4 Å². The van der Waals surface area contributed by atoms with Crippen LogP contribution in [0, 0.1) is 0 Å². The summed E-state index contributed by atoms with van der Waals surface area (Å²) in [4.78, 5) is 5.75. The SMILES string of the molecule is C[C@@H](CNCc1cccc2[nH]ccc12)N1CCOCC1. The van der Waals surface area contributed by atoms with Gasteiger partial charge in [0.1, 0.15) is 0 Å². The molecule has 4 heteroatoms. The molecule has 0 aliphatic carbocycles. The van der Waals surface area contributed by atoms with Gasteiger partial charge in [0.25, 0.3) is 0 Å². The highest BCUT2D eigenvalue weighted by atomic mass is 16.5. The molecule has 1 aromatic heterocycles. The third-order valence-corrected chi connectivity index (χ3v) is 4.11. The highest BCUT2D eigenvalue weighted by Gasteiger charge is 2.16. The molecule has 3 rings (SSSR count). The maximum absolute atomic E-state index is 5.40. The Morgan fingerprint density at radius 2 is 2.15 bits per heavy atom. The minimum absolute atomic E-state index is 0.560. The third-order valence-electron chi connectivity index (χ3n) is 4.11. The number of aromatic nitrogens is 1. The molecule has 2 heterocycles. The molecule has 2 N–H and O–H groups in total. The van der Waals surface area contributed by atoms with Gasteiger partial charge in [0.15, 0.2) is 0 Å². The summed E-state index contributed by atoms with van der Waals surface area (Å²) < 4.78 is 5.40. The standard InChI is InChI=1S/C16H23N3O/c1-13(19-7-9-20-10-8-19)11-17-12-14-3-2-4-16-15(14)5-6-18-16/h2-6,13,17-18H,7-12H2,1H3/t13-/m0/s1. The van der Waals surface area contributed by atoms with Crippen molar-refractivity contribution in [1.29, 1.82) is 0 Å². The van der Waals surface area contributed by atoms with Crippen molar-refractivity contribution in [2.75, 3.05) is 32.8 Å². The molecule has 1 aliphatic heterocycles. The van der Waals surface area contributed by atoms with Crippen molar-refractivity contribution in [3.8, 4) is 0 Å². The number of H-pyrrole nitrogens is 1. The lowest BCUT2D eigenvalue weighted by Crippen LogP contribution is -2.46. The van der Waals surface area contributed by atoms with E-state index < -0.39 is 0 Å². The summed E-state index contributed by atoms with van der Waals surface area (Å²) in [5, 5.41) is 4.90. The summed E-state index contributed by atoms with van der Waals surface area (Å²) in [6.45, 7) is 8.06. The largest absolute Gasteiger partial charge is 0.379 e. The van der Waals surface area contributed by atoms with Crippen molar-refractivity contribution in [3.05, 3.63) is 36.0 Å². The molecule has 0 saturated carbocycles. The molecule has 1 atom stereocenters. The predicted molar refractivity (Wildman–Crippen MR) is 81.9 cm³/mol. The van der Waals surface area contributed by atoms with Gasteiger partial charge in [-0.05, 0) is 24.6 Å². The summed E-state index contributed by atoms with van der Waals surface area (Å²) in [5.41, 5.74) is 2.57. The van der Waals surface area contributed by atoms with E-state index >= 15 is 0 Å². The Bertz CT molecular complexity index is 545. The van der Waals surface area contributed by atoms with Gasteiger partial charge in [0.05, 0.1) is 13.2 Å². The third kappa shape index (κ3) is 3.03. The average Bonchev–Trinajstić information content (AvgIpc) is 2.97. The molecule has 0 amide bonds. The summed E-state index contributed by atoms with van der Waals surface area (Å²) in [7, 11) is 0. The van der Waals surface area contributed by atoms with Crippen LogP contribution < -0.4 is 5.32 Å². The highest BCUT2D eigenvalue weighted by Crippen LogP contribution is 2.17. The fraction of sp³-hybridized carbons (Fsp3) is 0.500. The summed E-state index contributed by atoms with van der Waals surface area (Å²) >= 11 is 0. The summed E-state index contributed by atoms with van der Waals surface area (Å²) in [6.07, 6.45) is 2.00. The predicted octanol–water partition coefficient (Wildman–Crippen LogP) is 1.98. The van der Waals surface area contributed by atoms with Gasteiger partial charge in [-0.25, -0.2) is 0 Å². The fourth-order valence-electron chi connectivity index (χ4n) is 2.87. The van der Waals surface area contributed by atoms with Crippen LogP contribution in [-0.2, 0) is 11.3 Å². The van der Waals surface area contributed by atoms with Crippen molar-refractivity contribution < 1.29 is 4.74 Å². The molecule has 0 unspecified atom stereocenters. The Morgan fingerprint density at radius 1 is 1.30 bits per heavy atom. The molecule has 0 spiro atoms. The van der Waals surface area contributed by atoms with Crippen LogP contribution in [-0.4, -0.2) is 48.8 Å². The fourth-order valence-corrected chi connectivity index (χ4v) is 2.87. The number of ether oxygens (including phenoxy) is 1. The van der Waals surface area contributed by atoms with E-state index in [0.29, 0.717) is 6.04 Å². The molecular weight excluding hydrogens is 250 g/mol. The van der Waals surface area contributed by atoms with E-state index in [1.165, 1.54) is 16.5 Å². The monoisotopic (exact) mass is 273 g/mol. The second-order valence-corrected chi connectivity index (χ2v) is 5.48. The lowest BCUT2D eigenvalue weighted by Gasteiger charge is -2.32. The van der Waals surface area contributed by atoms with Gasteiger partial charge in [0.2, 0.25) is 0 Å². The van der Waals surface area contributed by atoms with Gasteiger partial charge in [-0.1, -0.05) is 12.1 Å². The smallest absolute Gasteiger partial charge is 0.0594 e. The van der Waals surface area contributed by atoms with Gasteiger partial charge < -0.3 is 15.0 Å². The average molecular weight is 273 g/mol. The Morgan fingerprint density at radius 3 is 3.00 bits per heavy atom. The molecular formula is C16H23N3O. The lowest BCUT2D eigenvalue weighted by atomic mass is 10.1. The second-order valence-electron chi connectivity index (χ2n) is 5.48. The van der Waals surface area contributed by atoms with Crippen molar-refractivity contribution in [3.63, 3.8) is 0 Å². The number of benzene rings is 1. The molecule has 0 bridgehead atoms. The van der Waals surface area contributed by atoms with Gasteiger partial charge >= 0.3 is 0 Å². The number of nitrogens with one attached hydrogen (secondary N) is 2. The van der Waals surface area contributed by atoms with Crippen LogP contribution in [0.15, 0.2) is 30.5 Å². The first-order chi connectivity index (χ1) is 9.84. The van der Waals surface area contributed by atoms with Crippen LogP contribution >= 0.6 is 0 Å². The first-order valence-electron chi connectivity index (χ1n) is 7.42. The Hall–Kier alpha value is -1.36. The number of nitrogens with zero attached hydrogens (tertiary/aromatic N) is 1. The molecule has 4 nitrogen and oxygen atoms in total. The van der Waals surface area contributed by atoms with E-state index in [-0.39, 0.29) is 0 Å². The van der Waals surface area contributed by atoms with Crippen molar-refractivity contribution in [1.82, 2.24) is 15.2 Å². The normalized spacial score (nSPS) is 18.4. The van der Waals surface area contributed by atoms with Crippen LogP contribution in [0.2, 0.25) is 0 Å². The number of morpholine rings is 1. The van der Waals surface area contributed by atoms with Crippen LogP contribution in [0.5, 0.6) is 0 Å². The number of hydrogen-bond donors (Lipinski definition) is 2. The van der Waals surface area contributed by atoms with E-state index in [1.54, 1.807) is 0 Å². The number of hydrogen-bond acceptors (Lipinski definition) is 3. The van der Waals surface area contributed by atoms with E-state index in [9.17, 15) is 0 Å². The second kappa shape index (κ2) is 6.39. The maximum atomic E-state index is 5.40. The molecule has 108 valence electrons. The topological polar surface area (TPSA) is 40.3 Å². The zero-order valence-corrected chi connectivity index (χ0v) is 12.1. The zero-order chi connectivity index (χ0) is 13.8. The first-order valence-corrected chi connectivity index (χ1v) is 7.42. The molecule has 2 aromatic rings. The van der Waals surface area contributed by atoms with Gasteiger partial charge in [-0.15, -0.1) is 0 Å². The van der Waals surface area contributed by atoms with E-state index in [1.807, 2.05) is 6.20 Å². The Labute approximate surface area is 120 Å². The maximum Gasteiger partial charge on any atom is 0.0594 e. The molecule has 0 radical (unpaired) electrons. The van der Waals surface area contributed by atoms with Gasteiger partial charge in [0, 0.05) is 49.3 Å². The Kier molecular flexibility index (Phi) is 4.35. The molecule has 20 heavy (non-hydrogen) atoms. The number of fused-ring (bicyclic) bond motifs is 1. The van der Waals surface area contributed by atoms with Crippen molar-refractivity contribution in [2.24, 2.45) is 0 Å². The first kappa shape index (κ1) is 13.6.